The van der Waals surface area contributed by atoms with Crippen LogP contribution in [0.5, 0.6) is 0 Å². The highest BCUT2D eigenvalue weighted by Crippen LogP contribution is 2.24. The highest BCUT2D eigenvalue weighted by molar-refractivity contribution is 5.91. The van der Waals surface area contributed by atoms with Crippen LogP contribution in [0.2, 0.25) is 0 Å². The van der Waals surface area contributed by atoms with Crippen molar-refractivity contribution in [3.8, 4) is 11.5 Å². The number of nitrogens with one attached hydrogen (secondary N) is 2. The zero-order chi connectivity index (χ0) is 20.7. The molecule has 0 radical (unpaired) electrons. The van der Waals surface area contributed by atoms with Crippen molar-refractivity contribution in [2.75, 3.05) is 5.32 Å². The van der Waals surface area contributed by atoms with Crippen molar-refractivity contribution < 1.29 is 14.0 Å². The summed E-state index contributed by atoms with van der Waals surface area (Å²) in [5.74, 6) is 1.51. The third-order valence-electron chi connectivity index (χ3n) is 4.67. The number of hydrogen-bond acceptors (Lipinski definition) is 4. The van der Waals surface area contributed by atoms with E-state index in [1.807, 2.05) is 58.9 Å². The molecule has 2 aromatic rings. The molecule has 0 aliphatic heterocycles. The summed E-state index contributed by atoms with van der Waals surface area (Å²) in [5, 5.41) is 5.85. The normalized spacial score (nSPS) is 11.1. The highest BCUT2D eigenvalue weighted by Gasteiger charge is 2.17. The lowest BCUT2D eigenvalue weighted by molar-refractivity contribution is -0.125. The van der Waals surface area contributed by atoms with E-state index in [1.165, 1.54) is 0 Å². The molecule has 1 aromatic heterocycles. The number of aryl methyl sites for hydroxylation is 1. The Balaban J connectivity index is 2.08. The molecule has 0 bridgehead atoms. The van der Waals surface area contributed by atoms with Gasteiger partial charge in [-0.1, -0.05) is 33.8 Å². The molecule has 0 atom stereocenters. The lowest BCUT2D eigenvalue weighted by atomic mass is 10.0. The van der Waals surface area contributed by atoms with Gasteiger partial charge in [-0.15, -0.1) is 0 Å². The smallest absolute Gasteiger partial charge is 0.226 e. The van der Waals surface area contributed by atoms with E-state index >= 15 is 0 Å². The van der Waals surface area contributed by atoms with Crippen molar-refractivity contribution in [2.45, 2.75) is 60.4 Å². The van der Waals surface area contributed by atoms with Gasteiger partial charge in [0.25, 0.3) is 0 Å². The van der Waals surface area contributed by atoms with E-state index in [1.54, 1.807) is 0 Å². The maximum absolute atomic E-state index is 12.2. The fourth-order valence-electron chi connectivity index (χ4n) is 3.00. The van der Waals surface area contributed by atoms with Gasteiger partial charge in [-0.3, -0.25) is 9.59 Å². The van der Waals surface area contributed by atoms with Crippen LogP contribution in [0.3, 0.4) is 0 Å². The van der Waals surface area contributed by atoms with Crippen LogP contribution >= 0.6 is 0 Å². The van der Waals surface area contributed by atoms with Gasteiger partial charge in [0.05, 0.1) is 6.54 Å². The second kappa shape index (κ2) is 10.1. The van der Waals surface area contributed by atoms with Crippen molar-refractivity contribution in [3.05, 3.63) is 35.7 Å². The third-order valence-corrected chi connectivity index (χ3v) is 4.67. The first kappa shape index (κ1) is 21.7. The molecule has 1 heterocycles. The van der Waals surface area contributed by atoms with Crippen LogP contribution in [-0.4, -0.2) is 16.8 Å². The number of anilines is 1. The molecule has 0 aliphatic carbocycles. The molecule has 0 fully saturated rings. The van der Waals surface area contributed by atoms with E-state index in [9.17, 15) is 9.59 Å². The largest absolute Gasteiger partial charge is 0.441 e. The first-order valence-electron chi connectivity index (χ1n) is 9.98. The SMILES string of the molecule is CCC(CC)C(=O)NCc1nc(-c2cccc(NC(=O)CC(C)C)c2)oc1C. The van der Waals surface area contributed by atoms with Gasteiger partial charge < -0.3 is 15.1 Å². The van der Waals surface area contributed by atoms with Crippen LogP contribution in [0.1, 0.15) is 58.4 Å². The summed E-state index contributed by atoms with van der Waals surface area (Å²) in [4.78, 5) is 28.7. The van der Waals surface area contributed by atoms with E-state index in [2.05, 4.69) is 15.6 Å². The average molecular weight is 386 g/mol. The van der Waals surface area contributed by atoms with Gasteiger partial charge in [-0.05, 0) is 43.9 Å². The molecule has 6 nitrogen and oxygen atoms in total. The lowest BCUT2D eigenvalue weighted by Gasteiger charge is -2.11. The van der Waals surface area contributed by atoms with Gasteiger partial charge >= 0.3 is 0 Å². The average Bonchev–Trinajstić information content (AvgIpc) is 3.01. The number of oxazole rings is 1. The molecule has 1 aromatic carbocycles. The van der Waals surface area contributed by atoms with Gasteiger partial charge in [0.2, 0.25) is 17.7 Å². The standard InChI is InChI=1S/C22H31N3O3/c1-6-16(7-2)21(27)23-13-19-15(5)28-22(25-19)17-9-8-10-18(12-17)24-20(26)11-14(3)4/h8-10,12,14,16H,6-7,11,13H2,1-5H3,(H,23,27)(H,24,26). The summed E-state index contributed by atoms with van der Waals surface area (Å²) in [6.07, 6.45) is 2.12. The number of amides is 2. The summed E-state index contributed by atoms with van der Waals surface area (Å²) in [6.45, 7) is 10.2. The van der Waals surface area contributed by atoms with Gasteiger partial charge in [-0.25, -0.2) is 4.98 Å². The Kier molecular flexibility index (Phi) is 7.79. The summed E-state index contributed by atoms with van der Waals surface area (Å²) in [7, 11) is 0. The molecule has 28 heavy (non-hydrogen) atoms. The lowest BCUT2D eigenvalue weighted by Crippen LogP contribution is -2.29. The fraction of sp³-hybridized carbons (Fsp3) is 0.500. The third kappa shape index (κ3) is 5.94. The summed E-state index contributed by atoms with van der Waals surface area (Å²) >= 11 is 0. The van der Waals surface area contributed by atoms with E-state index in [-0.39, 0.29) is 17.7 Å². The van der Waals surface area contributed by atoms with E-state index in [0.29, 0.717) is 41.9 Å². The molecule has 0 unspecified atom stereocenters. The maximum Gasteiger partial charge on any atom is 0.226 e. The summed E-state index contributed by atoms with van der Waals surface area (Å²) in [5.41, 5.74) is 2.20. The molecule has 2 rings (SSSR count). The Morgan fingerprint density at radius 3 is 2.54 bits per heavy atom. The minimum atomic E-state index is -0.0134. The maximum atomic E-state index is 12.2. The van der Waals surface area contributed by atoms with Crippen molar-refractivity contribution in [1.29, 1.82) is 0 Å². The number of benzene rings is 1. The number of aromatic nitrogens is 1. The van der Waals surface area contributed by atoms with Crippen LogP contribution in [0.4, 0.5) is 5.69 Å². The first-order valence-corrected chi connectivity index (χ1v) is 9.98. The number of hydrogen-bond donors (Lipinski definition) is 2. The Labute approximate surface area is 167 Å². The quantitative estimate of drug-likeness (QED) is 0.656. The van der Waals surface area contributed by atoms with Gasteiger partial charge in [0, 0.05) is 23.6 Å². The van der Waals surface area contributed by atoms with Gasteiger partial charge in [0.15, 0.2) is 0 Å². The predicted molar refractivity (Wildman–Crippen MR) is 111 cm³/mol. The van der Waals surface area contributed by atoms with Crippen molar-refractivity contribution in [1.82, 2.24) is 10.3 Å². The number of nitrogens with zero attached hydrogens (tertiary/aromatic N) is 1. The molecule has 0 spiro atoms. The zero-order valence-corrected chi connectivity index (χ0v) is 17.5. The topological polar surface area (TPSA) is 84.2 Å². The van der Waals surface area contributed by atoms with Crippen LogP contribution in [0.15, 0.2) is 28.7 Å². The highest BCUT2D eigenvalue weighted by atomic mass is 16.4. The molecule has 2 N–H and O–H groups in total. The Hall–Kier alpha value is -2.63. The van der Waals surface area contributed by atoms with Crippen LogP contribution in [0.25, 0.3) is 11.5 Å². The second-order valence-electron chi connectivity index (χ2n) is 7.48. The van der Waals surface area contributed by atoms with E-state index in [0.717, 1.165) is 18.4 Å². The Morgan fingerprint density at radius 1 is 1.18 bits per heavy atom. The monoisotopic (exact) mass is 385 g/mol. The van der Waals surface area contributed by atoms with Gasteiger partial charge in [-0.2, -0.15) is 0 Å². The molecule has 6 heteroatoms. The fourth-order valence-corrected chi connectivity index (χ4v) is 3.00. The number of rotatable bonds is 9. The van der Waals surface area contributed by atoms with E-state index in [4.69, 9.17) is 4.42 Å². The van der Waals surface area contributed by atoms with Crippen LogP contribution in [0, 0.1) is 18.8 Å². The summed E-state index contributed by atoms with van der Waals surface area (Å²) in [6, 6.07) is 7.43. The van der Waals surface area contributed by atoms with Gasteiger partial charge in [0.1, 0.15) is 11.5 Å². The molecule has 0 saturated carbocycles. The van der Waals surface area contributed by atoms with Crippen LogP contribution < -0.4 is 10.6 Å². The molecule has 0 aliphatic rings. The van der Waals surface area contributed by atoms with Crippen molar-refractivity contribution >= 4 is 17.5 Å². The molecule has 2 amide bonds. The molecule has 0 saturated heterocycles. The number of carbonyl (C=O) groups is 2. The van der Waals surface area contributed by atoms with E-state index < -0.39 is 0 Å². The number of carbonyl (C=O) groups excluding carboxylic acids is 2. The minimum Gasteiger partial charge on any atom is -0.441 e. The minimum absolute atomic E-state index is 0.0134. The first-order chi connectivity index (χ1) is 13.3. The predicted octanol–water partition coefficient (Wildman–Crippen LogP) is 4.69. The summed E-state index contributed by atoms with van der Waals surface area (Å²) < 4.78 is 5.80. The van der Waals surface area contributed by atoms with Crippen molar-refractivity contribution in [3.63, 3.8) is 0 Å². The Bertz CT molecular complexity index is 807. The van der Waals surface area contributed by atoms with Crippen LogP contribution in [-0.2, 0) is 16.1 Å². The Morgan fingerprint density at radius 2 is 1.89 bits per heavy atom. The molecule has 152 valence electrons. The zero-order valence-electron chi connectivity index (χ0n) is 17.5. The molecular formula is C22H31N3O3. The van der Waals surface area contributed by atoms with Crippen molar-refractivity contribution in [2.24, 2.45) is 11.8 Å². The molecular weight excluding hydrogens is 354 g/mol. The second-order valence-corrected chi connectivity index (χ2v) is 7.48.